The van der Waals surface area contributed by atoms with Crippen LogP contribution in [0.2, 0.25) is 0 Å². The molecule has 6 nitrogen and oxygen atoms in total. The van der Waals surface area contributed by atoms with Gasteiger partial charge >= 0.3 is 19.8 Å². The third-order valence-corrected chi connectivity index (χ3v) is 0. The van der Waals surface area contributed by atoms with Crippen molar-refractivity contribution in [2.45, 2.75) is 0 Å². The summed E-state index contributed by atoms with van der Waals surface area (Å²) in [5.74, 6) is 0. The van der Waals surface area contributed by atoms with Gasteiger partial charge < -0.3 is 32.9 Å². The number of hydrogen-bond acceptors (Lipinski definition) is 6. The molecule has 0 amide bonds. The van der Waals surface area contributed by atoms with Gasteiger partial charge in [-0.15, -0.1) is 0 Å². The summed E-state index contributed by atoms with van der Waals surface area (Å²) in [4.78, 5) is 0. The predicted molar refractivity (Wildman–Crippen MR) is 25.5 cm³/mol. The Morgan fingerprint density at radius 3 is 0.250 bits per heavy atom. The SMILES string of the molecule is [OH-].[OH-].[OH-].[OH-].[OH-].[OH-].[P+3].[P+3]. The molecule has 0 aliphatic rings. The van der Waals surface area contributed by atoms with Gasteiger partial charge in [-0.25, -0.2) is 0 Å². The van der Waals surface area contributed by atoms with Crippen LogP contribution in [0.5, 0.6) is 0 Å². The van der Waals surface area contributed by atoms with Crippen LogP contribution in [0.1, 0.15) is 0 Å². The van der Waals surface area contributed by atoms with Gasteiger partial charge in [-0.3, -0.25) is 0 Å². The molecule has 0 saturated carbocycles. The van der Waals surface area contributed by atoms with Gasteiger partial charge in [-0.05, 0) is 0 Å². The summed E-state index contributed by atoms with van der Waals surface area (Å²) in [6.45, 7) is 0. The standard InChI is InChI=1S/6H2O.2P/h6*1H2;;/q;;;;;;2*+3/p-6. The van der Waals surface area contributed by atoms with E-state index in [0.717, 1.165) is 0 Å². The van der Waals surface area contributed by atoms with Crippen molar-refractivity contribution in [2.75, 3.05) is 0 Å². The van der Waals surface area contributed by atoms with E-state index in [-0.39, 0.29) is 52.7 Å². The summed E-state index contributed by atoms with van der Waals surface area (Å²) in [6.07, 6.45) is 0. The fraction of sp³-hybridized carbons (Fsp3) is 0. The summed E-state index contributed by atoms with van der Waals surface area (Å²) in [5.41, 5.74) is 0. The maximum atomic E-state index is 0. The maximum absolute atomic E-state index is 0. The molecule has 8 heteroatoms. The molecule has 8 heavy (non-hydrogen) atoms. The van der Waals surface area contributed by atoms with Crippen molar-refractivity contribution in [1.29, 1.82) is 0 Å². The molecule has 0 atom stereocenters. The van der Waals surface area contributed by atoms with Gasteiger partial charge in [0, 0.05) is 0 Å². The van der Waals surface area contributed by atoms with Crippen LogP contribution in [-0.2, 0) is 0 Å². The van der Waals surface area contributed by atoms with Crippen LogP contribution < -0.4 is 0 Å². The molecule has 0 unspecified atom stereocenters. The summed E-state index contributed by atoms with van der Waals surface area (Å²) in [6, 6.07) is 0. The van der Waals surface area contributed by atoms with Gasteiger partial charge in [0.15, 0.2) is 0 Å². The van der Waals surface area contributed by atoms with Crippen molar-refractivity contribution in [1.82, 2.24) is 0 Å². The molecule has 0 rings (SSSR count). The Balaban J connectivity index is 0. The second-order valence-electron chi connectivity index (χ2n) is 0. The molecule has 0 fully saturated rings. The average Bonchev–Trinajstić information content (AvgIpc) is 0. The molecule has 0 heterocycles. The number of hydrogen-bond donors (Lipinski definition) is 0. The van der Waals surface area contributed by atoms with E-state index in [1.165, 1.54) is 0 Å². The molecule has 52 valence electrons. The van der Waals surface area contributed by atoms with Gasteiger partial charge in [-0.2, -0.15) is 0 Å². The van der Waals surface area contributed by atoms with Gasteiger partial charge in [0.2, 0.25) is 0 Å². The van der Waals surface area contributed by atoms with Crippen molar-refractivity contribution < 1.29 is 32.9 Å². The van der Waals surface area contributed by atoms with Crippen LogP contribution in [0, 0.1) is 0 Å². The van der Waals surface area contributed by atoms with E-state index in [2.05, 4.69) is 0 Å². The Morgan fingerprint density at radius 1 is 0.250 bits per heavy atom. The Morgan fingerprint density at radius 2 is 0.250 bits per heavy atom. The zero-order valence-electron chi connectivity index (χ0n) is 3.58. The zero-order chi connectivity index (χ0) is 0. The Hall–Kier alpha value is 0.620. The molecular formula is H6O6P2. The summed E-state index contributed by atoms with van der Waals surface area (Å²) in [7, 11) is 0. The maximum Gasteiger partial charge on any atom is 3.00 e. The molecule has 6 N–H and O–H groups in total. The minimum atomic E-state index is 0. The fourth-order valence-electron chi connectivity index (χ4n) is 0. The summed E-state index contributed by atoms with van der Waals surface area (Å²) >= 11 is 0. The van der Waals surface area contributed by atoms with Crippen molar-refractivity contribution in [3.63, 3.8) is 0 Å². The van der Waals surface area contributed by atoms with E-state index in [4.69, 9.17) is 0 Å². The van der Waals surface area contributed by atoms with Crippen LogP contribution in [0.4, 0.5) is 0 Å². The first-order chi connectivity index (χ1) is 0. The molecule has 0 aromatic rings. The van der Waals surface area contributed by atoms with Gasteiger partial charge in [0.25, 0.3) is 0 Å². The first-order valence-corrected chi connectivity index (χ1v) is 0. The predicted octanol–water partition coefficient (Wildman–Crippen LogP) is 0.662. The third-order valence-electron chi connectivity index (χ3n) is 0. The minimum absolute atomic E-state index is 0. The first-order valence-electron chi connectivity index (χ1n) is 0. The van der Waals surface area contributed by atoms with E-state index in [1.54, 1.807) is 0 Å². The van der Waals surface area contributed by atoms with Crippen LogP contribution in [0.15, 0.2) is 0 Å². The monoisotopic (exact) mass is 164 g/mol. The average molecular weight is 164 g/mol. The topological polar surface area (TPSA) is 180 Å². The summed E-state index contributed by atoms with van der Waals surface area (Å²) < 4.78 is 0. The van der Waals surface area contributed by atoms with Crippen molar-refractivity contribution in [2.24, 2.45) is 0 Å². The smallest absolute Gasteiger partial charge is 0.870 e. The van der Waals surface area contributed by atoms with Crippen LogP contribution in [0.25, 0.3) is 0 Å². The van der Waals surface area contributed by atoms with Crippen molar-refractivity contribution in [3.8, 4) is 0 Å². The second-order valence-corrected chi connectivity index (χ2v) is 0. The molecule has 0 aliphatic heterocycles. The largest absolute Gasteiger partial charge is 3.00 e. The van der Waals surface area contributed by atoms with Crippen LogP contribution >= 0.6 is 19.8 Å². The van der Waals surface area contributed by atoms with Crippen molar-refractivity contribution >= 4 is 19.8 Å². The molecule has 0 spiro atoms. The molecule has 0 aliphatic carbocycles. The van der Waals surface area contributed by atoms with Gasteiger partial charge in [0.05, 0.1) is 0 Å². The van der Waals surface area contributed by atoms with E-state index < -0.39 is 0 Å². The zero-order valence-corrected chi connectivity index (χ0v) is 5.37. The Bertz CT molecular complexity index is 6.49. The van der Waals surface area contributed by atoms with E-state index in [0.29, 0.717) is 0 Å². The normalized spacial score (nSPS) is 0. The summed E-state index contributed by atoms with van der Waals surface area (Å²) in [5, 5.41) is 0. The third kappa shape index (κ3) is 544. The number of rotatable bonds is 0. The van der Waals surface area contributed by atoms with Crippen molar-refractivity contribution in [3.05, 3.63) is 0 Å². The van der Waals surface area contributed by atoms with E-state index in [9.17, 15) is 0 Å². The van der Waals surface area contributed by atoms with E-state index >= 15 is 0 Å². The van der Waals surface area contributed by atoms with E-state index in [1.807, 2.05) is 0 Å². The quantitative estimate of drug-likeness (QED) is 0.473. The Kier molecular flexibility index (Phi) is 141000. The minimum Gasteiger partial charge on any atom is -0.870 e. The molecular weight excluding hydrogens is 158 g/mol. The Labute approximate surface area is 53.8 Å². The molecule has 0 aromatic carbocycles. The molecule has 0 aromatic heterocycles. The van der Waals surface area contributed by atoms with Crippen LogP contribution in [-0.4, -0.2) is 32.9 Å². The second kappa shape index (κ2) is 869. The van der Waals surface area contributed by atoms with Crippen LogP contribution in [0.3, 0.4) is 0 Å². The first kappa shape index (κ1) is 1300. The van der Waals surface area contributed by atoms with Gasteiger partial charge in [-0.1, -0.05) is 0 Å². The molecule has 0 bridgehead atoms. The fourth-order valence-corrected chi connectivity index (χ4v) is 0. The molecule has 4 radical (unpaired) electrons. The molecule has 0 saturated heterocycles. The van der Waals surface area contributed by atoms with Gasteiger partial charge in [0.1, 0.15) is 0 Å².